The van der Waals surface area contributed by atoms with Gasteiger partial charge in [0.05, 0.1) is 13.2 Å². The van der Waals surface area contributed by atoms with E-state index in [9.17, 15) is 20.1 Å². The van der Waals surface area contributed by atoms with Crippen molar-refractivity contribution in [2.24, 2.45) is 0 Å². The zero-order chi connectivity index (χ0) is 13.0. The zero-order valence-corrected chi connectivity index (χ0v) is 9.31. The summed E-state index contributed by atoms with van der Waals surface area (Å²) in [7, 11) is 0. The Morgan fingerprint density at radius 1 is 1.35 bits per heavy atom. The molecule has 8 nitrogen and oxygen atoms in total. The number of ether oxygens (including phenoxy) is 2. The number of carbonyl (C=O) groups is 1. The van der Waals surface area contributed by atoms with Crippen LogP contribution in [0.3, 0.4) is 0 Å². The number of nitrogens with one attached hydrogen (secondary N) is 1. The lowest BCUT2D eigenvalue weighted by atomic mass is 9.97. The van der Waals surface area contributed by atoms with Crippen LogP contribution in [-0.4, -0.2) is 70.4 Å². The normalized spacial score (nSPS) is 37.6. The van der Waals surface area contributed by atoms with Crippen LogP contribution in [0.5, 0.6) is 0 Å². The molecule has 0 aromatic heterocycles. The average Bonchev–Trinajstić information content (AvgIpc) is 2.29. The monoisotopic (exact) mass is 251 g/mol. The molecule has 0 aliphatic carbocycles. The molecule has 0 aromatic rings. The first-order valence-electron chi connectivity index (χ1n) is 5.25. The Bertz CT molecular complexity index is 262. The molecule has 1 aliphatic heterocycles. The van der Waals surface area contributed by atoms with E-state index < -0.39 is 43.3 Å². The lowest BCUT2D eigenvalue weighted by molar-refractivity contribution is -0.253. The second-order valence-electron chi connectivity index (χ2n) is 3.62. The smallest absolute Gasteiger partial charge is 0.407 e. The van der Waals surface area contributed by atoms with Crippen molar-refractivity contribution in [1.82, 2.24) is 5.32 Å². The highest BCUT2D eigenvalue weighted by Gasteiger charge is 2.44. The van der Waals surface area contributed by atoms with Crippen molar-refractivity contribution in [3.8, 4) is 0 Å². The van der Waals surface area contributed by atoms with Gasteiger partial charge in [0.15, 0.2) is 6.29 Å². The van der Waals surface area contributed by atoms with E-state index in [0.29, 0.717) is 0 Å². The van der Waals surface area contributed by atoms with Crippen molar-refractivity contribution in [3.63, 3.8) is 0 Å². The quantitative estimate of drug-likeness (QED) is 0.376. The van der Waals surface area contributed by atoms with Gasteiger partial charge in [-0.2, -0.15) is 0 Å². The van der Waals surface area contributed by atoms with Crippen LogP contribution in [0.1, 0.15) is 6.92 Å². The average molecular weight is 251 g/mol. The SMILES string of the molecule is CCOC(=O)N[C@H]1C(O)O[C@H](CO)[C@@H](O)[C@@H]1O. The standard InChI is InChI=1S/C9H17NO7/c1-2-16-9(15)10-5-7(13)6(12)4(3-11)17-8(5)14/h4-8,11-14H,2-3H2,1H3,(H,10,15)/t4-,5-,6-,7-,8?/m1/s1. The van der Waals surface area contributed by atoms with Gasteiger partial charge in [-0.15, -0.1) is 0 Å². The summed E-state index contributed by atoms with van der Waals surface area (Å²) in [6, 6.07) is -1.22. The van der Waals surface area contributed by atoms with Gasteiger partial charge in [-0.3, -0.25) is 0 Å². The third kappa shape index (κ3) is 3.27. The van der Waals surface area contributed by atoms with Gasteiger partial charge in [-0.25, -0.2) is 4.79 Å². The van der Waals surface area contributed by atoms with Crippen LogP contribution in [0.2, 0.25) is 0 Å². The van der Waals surface area contributed by atoms with Crippen LogP contribution in [0.15, 0.2) is 0 Å². The molecule has 5 N–H and O–H groups in total. The Labute approximate surface area is 97.8 Å². The molecule has 0 aromatic carbocycles. The molecule has 0 spiro atoms. The van der Waals surface area contributed by atoms with E-state index in [-0.39, 0.29) is 6.61 Å². The van der Waals surface area contributed by atoms with E-state index in [4.69, 9.17) is 9.84 Å². The summed E-state index contributed by atoms with van der Waals surface area (Å²) >= 11 is 0. The van der Waals surface area contributed by atoms with Gasteiger partial charge in [0.2, 0.25) is 0 Å². The van der Waals surface area contributed by atoms with Crippen molar-refractivity contribution in [2.45, 2.75) is 37.6 Å². The first-order valence-corrected chi connectivity index (χ1v) is 5.25. The van der Waals surface area contributed by atoms with Gasteiger partial charge in [-0.1, -0.05) is 0 Å². The number of amides is 1. The highest BCUT2D eigenvalue weighted by molar-refractivity contribution is 5.67. The summed E-state index contributed by atoms with van der Waals surface area (Å²) < 4.78 is 9.41. The van der Waals surface area contributed by atoms with Crippen LogP contribution in [0.4, 0.5) is 4.79 Å². The van der Waals surface area contributed by atoms with E-state index in [1.165, 1.54) is 0 Å². The third-order valence-electron chi connectivity index (χ3n) is 2.46. The fourth-order valence-corrected chi connectivity index (χ4v) is 1.56. The van der Waals surface area contributed by atoms with E-state index >= 15 is 0 Å². The predicted molar refractivity (Wildman–Crippen MR) is 53.9 cm³/mol. The van der Waals surface area contributed by atoms with E-state index in [1.807, 2.05) is 0 Å². The van der Waals surface area contributed by atoms with Gasteiger partial charge < -0.3 is 35.2 Å². The summed E-state index contributed by atoms with van der Waals surface area (Å²) in [4.78, 5) is 11.1. The molecule has 1 rings (SSSR count). The zero-order valence-electron chi connectivity index (χ0n) is 9.31. The highest BCUT2D eigenvalue weighted by Crippen LogP contribution is 2.19. The molecular weight excluding hydrogens is 234 g/mol. The van der Waals surface area contributed by atoms with Crippen molar-refractivity contribution in [1.29, 1.82) is 0 Å². The van der Waals surface area contributed by atoms with Crippen molar-refractivity contribution in [2.75, 3.05) is 13.2 Å². The second-order valence-corrected chi connectivity index (χ2v) is 3.62. The predicted octanol–water partition coefficient (Wildman–Crippen LogP) is -2.47. The minimum atomic E-state index is -1.53. The van der Waals surface area contributed by atoms with E-state index in [0.717, 1.165) is 0 Å². The first kappa shape index (κ1) is 14.1. The number of hydrogen-bond donors (Lipinski definition) is 5. The van der Waals surface area contributed by atoms with Gasteiger partial charge in [-0.05, 0) is 6.92 Å². The summed E-state index contributed by atoms with van der Waals surface area (Å²) in [5.74, 6) is 0. The van der Waals surface area contributed by atoms with Crippen LogP contribution in [0, 0.1) is 0 Å². The molecule has 5 atom stereocenters. The molecule has 1 saturated heterocycles. The second kappa shape index (κ2) is 6.12. The van der Waals surface area contributed by atoms with E-state index in [1.54, 1.807) is 6.92 Å². The Kier molecular flexibility index (Phi) is 5.09. The molecule has 0 bridgehead atoms. The van der Waals surface area contributed by atoms with Crippen LogP contribution in [0.25, 0.3) is 0 Å². The summed E-state index contributed by atoms with van der Waals surface area (Å²) in [6.45, 7) is 1.18. The Balaban J connectivity index is 2.63. The molecule has 0 saturated carbocycles. The molecule has 17 heavy (non-hydrogen) atoms. The van der Waals surface area contributed by atoms with Crippen LogP contribution in [-0.2, 0) is 9.47 Å². The molecule has 100 valence electrons. The molecular formula is C9H17NO7. The molecule has 1 aliphatic rings. The number of hydrogen-bond acceptors (Lipinski definition) is 7. The Morgan fingerprint density at radius 3 is 2.53 bits per heavy atom. The maximum atomic E-state index is 11.1. The summed E-state index contributed by atoms with van der Waals surface area (Å²) in [5.41, 5.74) is 0. The van der Waals surface area contributed by atoms with Crippen molar-refractivity contribution >= 4 is 6.09 Å². The number of aliphatic hydroxyl groups excluding tert-OH is 4. The topological polar surface area (TPSA) is 128 Å². The number of aliphatic hydroxyl groups is 4. The molecule has 1 heterocycles. The maximum absolute atomic E-state index is 11.1. The number of carbonyl (C=O) groups excluding carboxylic acids is 1. The molecule has 1 unspecified atom stereocenters. The van der Waals surface area contributed by atoms with Gasteiger partial charge in [0.25, 0.3) is 0 Å². The minimum Gasteiger partial charge on any atom is -0.450 e. The minimum absolute atomic E-state index is 0.132. The van der Waals surface area contributed by atoms with E-state index in [2.05, 4.69) is 10.1 Å². The van der Waals surface area contributed by atoms with Gasteiger partial charge in [0.1, 0.15) is 24.4 Å². The van der Waals surface area contributed by atoms with Gasteiger partial charge in [0, 0.05) is 0 Å². The Morgan fingerprint density at radius 2 is 2.00 bits per heavy atom. The van der Waals surface area contributed by atoms with Crippen LogP contribution >= 0.6 is 0 Å². The van der Waals surface area contributed by atoms with Gasteiger partial charge >= 0.3 is 6.09 Å². The largest absolute Gasteiger partial charge is 0.450 e. The molecule has 8 heteroatoms. The van der Waals surface area contributed by atoms with Crippen molar-refractivity contribution in [3.05, 3.63) is 0 Å². The first-order chi connectivity index (χ1) is 8.01. The third-order valence-corrected chi connectivity index (χ3v) is 2.46. The van der Waals surface area contributed by atoms with Crippen molar-refractivity contribution < 1.29 is 34.7 Å². The maximum Gasteiger partial charge on any atom is 0.407 e. The number of rotatable bonds is 3. The fraction of sp³-hybridized carbons (Fsp3) is 0.889. The highest BCUT2D eigenvalue weighted by atomic mass is 16.6. The summed E-state index contributed by atoms with van der Waals surface area (Å²) in [5, 5.41) is 39.7. The molecule has 0 radical (unpaired) electrons. The molecule has 1 fully saturated rings. The van der Waals surface area contributed by atoms with Crippen LogP contribution < -0.4 is 5.32 Å². The fourth-order valence-electron chi connectivity index (χ4n) is 1.56. The molecule has 1 amide bonds. The number of alkyl carbamates (subject to hydrolysis) is 1. The Hall–Kier alpha value is -0.930. The summed E-state index contributed by atoms with van der Waals surface area (Å²) in [6.07, 6.45) is -6.33. The lowest BCUT2D eigenvalue weighted by Gasteiger charge is -2.39. The lowest BCUT2D eigenvalue weighted by Crippen LogP contribution is -2.64.